The number of hydrogen-bond donors (Lipinski definition) is 2. The first kappa shape index (κ1) is 23.9. The third-order valence-corrected chi connectivity index (χ3v) is 5.67. The molecule has 0 aliphatic rings. The summed E-state index contributed by atoms with van der Waals surface area (Å²) in [7, 11) is -4.12. The summed E-state index contributed by atoms with van der Waals surface area (Å²) in [6, 6.07) is 14.8. The summed E-state index contributed by atoms with van der Waals surface area (Å²) in [5.74, 6) is -0.0334. The SMILES string of the molecule is O=[N+]([O-])c1cc(S(=O)(=O)Nc2cccc(Cl)c2)ccc1N/N=C\c1ccc(OC(F)F)cc1. The van der Waals surface area contributed by atoms with Crippen LogP contribution in [0, 0.1) is 10.1 Å². The quantitative estimate of drug-likeness (QED) is 0.241. The number of nitrogens with zero attached hydrogens (tertiary/aromatic N) is 2. The predicted molar refractivity (Wildman–Crippen MR) is 120 cm³/mol. The molecule has 33 heavy (non-hydrogen) atoms. The van der Waals surface area contributed by atoms with Gasteiger partial charge in [-0.3, -0.25) is 20.3 Å². The first-order valence-electron chi connectivity index (χ1n) is 9.05. The Hall–Kier alpha value is -3.77. The third kappa shape index (κ3) is 6.60. The summed E-state index contributed by atoms with van der Waals surface area (Å²) in [5.41, 5.74) is 2.58. The van der Waals surface area contributed by atoms with Crippen LogP contribution in [-0.4, -0.2) is 26.2 Å². The van der Waals surface area contributed by atoms with Gasteiger partial charge in [0.2, 0.25) is 0 Å². The van der Waals surface area contributed by atoms with Gasteiger partial charge in [-0.2, -0.15) is 13.9 Å². The zero-order valence-corrected chi connectivity index (χ0v) is 18.1. The molecule has 0 unspecified atom stereocenters. The van der Waals surface area contributed by atoms with Crippen LogP contribution in [0.3, 0.4) is 0 Å². The van der Waals surface area contributed by atoms with Gasteiger partial charge in [-0.15, -0.1) is 0 Å². The van der Waals surface area contributed by atoms with E-state index < -0.39 is 27.2 Å². The van der Waals surface area contributed by atoms with Gasteiger partial charge in [0, 0.05) is 11.1 Å². The molecule has 3 aromatic carbocycles. The lowest BCUT2D eigenvalue weighted by Crippen LogP contribution is -2.13. The zero-order chi connectivity index (χ0) is 24.0. The predicted octanol–water partition coefficient (Wildman–Crippen LogP) is 5.10. The molecular weight excluding hydrogens is 482 g/mol. The van der Waals surface area contributed by atoms with Crippen LogP contribution in [0.1, 0.15) is 5.56 Å². The largest absolute Gasteiger partial charge is 0.435 e. The summed E-state index contributed by atoms with van der Waals surface area (Å²) in [6.07, 6.45) is 1.29. The Balaban J connectivity index is 1.77. The van der Waals surface area contributed by atoms with Crippen LogP contribution in [-0.2, 0) is 10.0 Å². The van der Waals surface area contributed by atoms with Gasteiger partial charge in [-0.25, -0.2) is 8.42 Å². The van der Waals surface area contributed by atoms with Crippen molar-refractivity contribution in [3.63, 3.8) is 0 Å². The number of rotatable bonds is 9. The summed E-state index contributed by atoms with van der Waals surface area (Å²) < 4.78 is 56.1. The highest BCUT2D eigenvalue weighted by Crippen LogP contribution is 2.29. The number of alkyl halides is 2. The molecule has 0 heterocycles. The fraction of sp³-hybridized carbons (Fsp3) is 0.0500. The van der Waals surface area contributed by atoms with Crippen molar-refractivity contribution in [2.24, 2.45) is 5.10 Å². The van der Waals surface area contributed by atoms with Crippen molar-refractivity contribution in [1.29, 1.82) is 0 Å². The molecule has 0 atom stereocenters. The number of nitrogens with one attached hydrogen (secondary N) is 2. The highest BCUT2D eigenvalue weighted by atomic mass is 35.5. The molecule has 0 saturated carbocycles. The summed E-state index contributed by atoms with van der Waals surface area (Å²) >= 11 is 5.85. The second-order valence-electron chi connectivity index (χ2n) is 6.37. The van der Waals surface area contributed by atoms with E-state index in [0.717, 1.165) is 6.07 Å². The molecule has 0 fully saturated rings. The number of hydrogen-bond acceptors (Lipinski definition) is 7. The van der Waals surface area contributed by atoms with Gasteiger partial charge >= 0.3 is 6.61 Å². The van der Waals surface area contributed by atoms with E-state index in [2.05, 4.69) is 20.0 Å². The Morgan fingerprint density at radius 2 is 1.82 bits per heavy atom. The Kier molecular flexibility index (Phi) is 7.41. The number of hydrazone groups is 1. The molecule has 2 N–H and O–H groups in total. The Labute approximate surface area is 191 Å². The summed E-state index contributed by atoms with van der Waals surface area (Å²) in [5, 5.41) is 15.6. The van der Waals surface area contributed by atoms with Crippen LogP contribution >= 0.6 is 11.6 Å². The smallest absolute Gasteiger partial charge is 0.387 e. The molecule has 0 bridgehead atoms. The van der Waals surface area contributed by atoms with E-state index in [0.29, 0.717) is 10.6 Å². The molecule has 0 saturated heterocycles. The van der Waals surface area contributed by atoms with Crippen molar-refractivity contribution in [3.05, 3.63) is 87.4 Å². The van der Waals surface area contributed by atoms with E-state index in [1.165, 1.54) is 54.7 Å². The lowest BCUT2D eigenvalue weighted by molar-refractivity contribution is -0.384. The lowest BCUT2D eigenvalue weighted by Gasteiger charge is -2.09. The van der Waals surface area contributed by atoms with Gasteiger partial charge in [0.05, 0.1) is 21.7 Å². The number of ether oxygens (including phenoxy) is 1. The Morgan fingerprint density at radius 3 is 2.45 bits per heavy atom. The average Bonchev–Trinajstić information content (AvgIpc) is 2.74. The van der Waals surface area contributed by atoms with Crippen molar-refractivity contribution >= 4 is 44.9 Å². The number of nitro groups is 1. The maximum atomic E-state index is 12.6. The molecule has 172 valence electrons. The minimum atomic E-state index is -4.12. The van der Waals surface area contributed by atoms with Crippen molar-refractivity contribution in [3.8, 4) is 5.75 Å². The molecule has 13 heteroatoms. The van der Waals surface area contributed by atoms with Gasteiger partial charge in [0.25, 0.3) is 15.7 Å². The maximum Gasteiger partial charge on any atom is 0.387 e. The summed E-state index contributed by atoms with van der Waals surface area (Å²) in [4.78, 5) is 10.4. The molecule has 9 nitrogen and oxygen atoms in total. The Morgan fingerprint density at radius 1 is 1.09 bits per heavy atom. The van der Waals surface area contributed by atoms with Crippen LogP contribution in [0.25, 0.3) is 0 Å². The first-order chi connectivity index (χ1) is 15.6. The van der Waals surface area contributed by atoms with Crippen LogP contribution in [0.15, 0.2) is 76.7 Å². The maximum absolute atomic E-state index is 12.6. The van der Waals surface area contributed by atoms with E-state index >= 15 is 0 Å². The van der Waals surface area contributed by atoms with Gasteiger partial charge in [-0.1, -0.05) is 17.7 Å². The monoisotopic (exact) mass is 496 g/mol. The molecular formula is C20H15ClF2N4O5S. The van der Waals surface area contributed by atoms with E-state index in [1.807, 2.05) is 0 Å². The van der Waals surface area contributed by atoms with Gasteiger partial charge in [0.15, 0.2) is 0 Å². The molecule has 0 amide bonds. The molecule has 0 aliphatic carbocycles. The third-order valence-electron chi connectivity index (χ3n) is 4.06. The topological polar surface area (TPSA) is 123 Å². The van der Waals surface area contributed by atoms with Gasteiger partial charge in [-0.05, 0) is 60.2 Å². The standard InChI is InChI=1S/C20H15ClF2N4O5S/c21-14-2-1-3-15(10-14)26-33(30,31)17-8-9-18(19(11-17)27(28)29)25-24-12-13-4-6-16(7-5-13)32-20(22)23/h1-12,20,25-26H/b24-12-. The normalized spacial score (nSPS) is 11.5. The average molecular weight is 497 g/mol. The second-order valence-corrected chi connectivity index (χ2v) is 8.49. The van der Waals surface area contributed by atoms with Crippen molar-refractivity contribution in [2.75, 3.05) is 10.1 Å². The fourth-order valence-corrected chi connectivity index (χ4v) is 3.86. The van der Waals surface area contributed by atoms with E-state index in [1.54, 1.807) is 12.1 Å². The minimum absolute atomic E-state index is 0.0334. The highest BCUT2D eigenvalue weighted by molar-refractivity contribution is 7.92. The first-order valence-corrected chi connectivity index (χ1v) is 10.9. The molecule has 0 aliphatic heterocycles. The zero-order valence-electron chi connectivity index (χ0n) is 16.5. The molecule has 3 rings (SSSR count). The Bertz CT molecular complexity index is 1290. The number of nitro benzene ring substituents is 1. The number of anilines is 2. The van der Waals surface area contributed by atoms with Crippen LogP contribution in [0.2, 0.25) is 5.02 Å². The van der Waals surface area contributed by atoms with Crippen molar-refractivity contribution in [2.45, 2.75) is 11.5 Å². The van der Waals surface area contributed by atoms with E-state index in [4.69, 9.17) is 11.6 Å². The molecule has 3 aromatic rings. The molecule has 0 spiro atoms. The number of benzene rings is 3. The van der Waals surface area contributed by atoms with Crippen LogP contribution < -0.4 is 14.9 Å². The number of sulfonamides is 1. The van der Waals surface area contributed by atoms with E-state index in [-0.39, 0.29) is 22.0 Å². The second kappa shape index (κ2) is 10.2. The van der Waals surface area contributed by atoms with Crippen molar-refractivity contribution < 1.29 is 26.9 Å². The summed E-state index contributed by atoms with van der Waals surface area (Å²) in [6.45, 7) is -2.95. The number of halogens is 3. The fourth-order valence-electron chi connectivity index (χ4n) is 2.60. The van der Waals surface area contributed by atoms with Crippen molar-refractivity contribution in [1.82, 2.24) is 0 Å². The molecule has 0 radical (unpaired) electrons. The van der Waals surface area contributed by atoms with Gasteiger partial charge in [0.1, 0.15) is 11.4 Å². The lowest BCUT2D eigenvalue weighted by atomic mass is 10.2. The highest BCUT2D eigenvalue weighted by Gasteiger charge is 2.21. The van der Waals surface area contributed by atoms with E-state index in [9.17, 15) is 27.3 Å². The molecule has 0 aromatic heterocycles. The minimum Gasteiger partial charge on any atom is -0.435 e. The van der Waals surface area contributed by atoms with Gasteiger partial charge < -0.3 is 4.74 Å². The van der Waals surface area contributed by atoms with Crippen LogP contribution in [0.4, 0.5) is 25.8 Å². The van der Waals surface area contributed by atoms with Crippen LogP contribution in [0.5, 0.6) is 5.75 Å².